The van der Waals surface area contributed by atoms with Crippen LogP contribution < -0.4 is 10.1 Å². The second kappa shape index (κ2) is 6.05. The molecule has 2 nitrogen and oxygen atoms in total. The minimum absolute atomic E-state index is 0.111. The number of benzene rings is 2. The molecule has 0 bridgehead atoms. The first-order valence-electron chi connectivity index (χ1n) is 6.68. The third-order valence-corrected chi connectivity index (χ3v) is 4.57. The van der Waals surface area contributed by atoms with Crippen LogP contribution in [0.5, 0.6) is 5.75 Å². The van der Waals surface area contributed by atoms with Crippen molar-refractivity contribution in [3.63, 3.8) is 0 Å². The van der Waals surface area contributed by atoms with Gasteiger partial charge in [-0.3, -0.25) is 0 Å². The molecular formula is C16H14Cl3NO. The fraction of sp³-hybridized carbons (Fsp3) is 0.250. The van der Waals surface area contributed by atoms with Crippen molar-refractivity contribution in [1.29, 1.82) is 0 Å². The third-order valence-electron chi connectivity index (χ3n) is 3.54. The zero-order valence-electron chi connectivity index (χ0n) is 11.4. The van der Waals surface area contributed by atoms with Gasteiger partial charge in [0.15, 0.2) is 0 Å². The van der Waals surface area contributed by atoms with Gasteiger partial charge < -0.3 is 10.1 Å². The van der Waals surface area contributed by atoms with Gasteiger partial charge in [-0.2, -0.15) is 0 Å². The van der Waals surface area contributed by atoms with E-state index in [-0.39, 0.29) is 6.10 Å². The molecule has 0 aliphatic carbocycles. The summed E-state index contributed by atoms with van der Waals surface area (Å²) in [7, 11) is 1.91. The first-order chi connectivity index (χ1) is 10.1. The SMILES string of the molecule is CNCC1Cc2cc(Cl)cc(-c3cccc(Cl)c3Cl)c2O1. The van der Waals surface area contributed by atoms with Crippen molar-refractivity contribution < 1.29 is 4.74 Å². The van der Waals surface area contributed by atoms with E-state index in [0.717, 1.165) is 35.4 Å². The average molecular weight is 343 g/mol. The van der Waals surface area contributed by atoms with Gasteiger partial charge in [-0.15, -0.1) is 0 Å². The highest BCUT2D eigenvalue weighted by Gasteiger charge is 2.27. The van der Waals surface area contributed by atoms with Crippen LogP contribution in [0, 0.1) is 0 Å². The van der Waals surface area contributed by atoms with Crippen LogP contribution in [0.4, 0.5) is 0 Å². The molecule has 0 aromatic heterocycles. The predicted octanol–water partition coefficient (Wildman–Crippen LogP) is 4.84. The Bertz CT molecular complexity index is 687. The maximum Gasteiger partial charge on any atom is 0.131 e. The molecule has 0 amide bonds. The Labute approximate surface area is 139 Å². The molecule has 1 N–H and O–H groups in total. The van der Waals surface area contributed by atoms with Crippen molar-refractivity contribution in [2.75, 3.05) is 13.6 Å². The Hall–Kier alpha value is -0.930. The number of hydrogen-bond acceptors (Lipinski definition) is 2. The van der Waals surface area contributed by atoms with Crippen LogP contribution in [0.1, 0.15) is 5.56 Å². The van der Waals surface area contributed by atoms with Crippen LogP contribution in [-0.2, 0) is 6.42 Å². The second-order valence-corrected chi connectivity index (χ2v) is 6.27. The van der Waals surface area contributed by atoms with Crippen molar-refractivity contribution in [2.24, 2.45) is 0 Å². The summed E-state index contributed by atoms with van der Waals surface area (Å²) >= 11 is 18.7. The highest BCUT2D eigenvalue weighted by molar-refractivity contribution is 6.43. The first kappa shape index (κ1) is 15.0. The Morgan fingerprint density at radius 2 is 2.00 bits per heavy atom. The molecule has 110 valence electrons. The maximum atomic E-state index is 6.34. The van der Waals surface area contributed by atoms with Crippen molar-refractivity contribution in [2.45, 2.75) is 12.5 Å². The summed E-state index contributed by atoms with van der Waals surface area (Å²) in [5.41, 5.74) is 2.84. The highest BCUT2D eigenvalue weighted by atomic mass is 35.5. The molecule has 0 saturated carbocycles. The molecular weight excluding hydrogens is 329 g/mol. The highest BCUT2D eigenvalue weighted by Crippen LogP contribution is 2.44. The lowest BCUT2D eigenvalue weighted by atomic mass is 10.0. The lowest BCUT2D eigenvalue weighted by Crippen LogP contribution is -2.27. The Balaban J connectivity index is 2.11. The molecule has 3 rings (SSSR count). The van der Waals surface area contributed by atoms with Gasteiger partial charge in [0.1, 0.15) is 11.9 Å². The number of nitrogens with one attached hydrogen (secondary N) is 1. The van der Waals surface area contributed by atoms with E-state index in [0.29, 0.717) is 15.1 Å². The van der Waals surface area contributed by atoms with Gasteiger partial charge in [-0.25, -0.2) is 0 Å². The molecule has 5 heteroatoms. The van der Waals surface area contributed by atoms with E-state index >= 15 is 0 Å². The summed E-state index contributed by atoms with van der Waals surface area (Å²) in [5, 5.41) is 4.85. The molecule has 1 heterocycles. The number of ether oxygens (including phenoxy) is 1. The summed E-state index contributed by atoms with van der Waals surface area (Å²) in [5.74, 6) is 0.851. The molecule has 21 heavy (non-hydrogen) atoms. The normalized spacial score (nSPS) is 16.7. The molecule has 1 atom stereocenters. The largest absolute Gasteiger partial charge is 0.488 e. The second-order valence-electron chi connectivity index (χ2n) is 5.04. The zero-order valence-corrected chi connectivity index (χ0v) is 13.7. The summed E-state index contributed by atoms with van der Waals surface area (Å²) < 4.78 is 6.06. The van der Waals surface area contributed by atoms with Crippen molar-refractivity contribution in [3.8, 4) is 16.9 Å². The van der Waals surface area contributed by atoms with E-state index in [1.54, 1.807) is 6.07 Å². The third kappa shape index (κ3) is 2.86. The summed E-state index contributed by atoms with van der Waals surface area (Å²) in [6, 6.07) is 9.39. The van der Waals surface area contributed by atoms with Gasteiger partial charge in [0, 0.05) is 29.1 Å². The number of hydrogen-bond donors (Lipinski definition) is 1. The van der Waals surface area contributed by atoms with Crippen molar-refractivity contribution in [3.05, 3.63) is 51.0 Å². The van der Waals surface area contributed by atoms with Crippen LogP contribution in [0.2, 0.25) is 15.1 Å². The van der Waals surface area contributed by atoms with Crippen LogP contribution in [0.25, 0.3) is 11.1 Å². The van der Waals surface area contributed by atoms with Crippen LogP contribution in [-0.4, -0.2) is 19.7 Å². The zero-order chi connectivity index (χ0) is 15.0. The monoisotopic (exact) mass is 341 g/mol. The van der Waals surface area contributed by atoms with E-state index in [1.807, 2.05) is 31.3 Å². The minimum atomic E-state index is 0.111. The lowest BCUT2D eigenvalue weighted by molar-refractivity contribution is 0.232. The molecule has 0 spiro atoms. The van der Waals surface area contributed by atoms with Crippen molar-refractivity contribution in [1.82, 2.24) is 5.32 Å². The molecule has 1 aliphatic heterocycles. The van der Waals surface area contributed by atoms with Gasteiger partial charge in [0.05, 0.1) is 10.0 Å². The Kier molecular flexibility index (Phi) is 4.32. The molecule has 0 radical (unpaired) electrons. The Morgan fingerprint density at radius 3 is 2.76 bits per heavy atom. The van der Waals surface area contributed by atoms with Gasteiger partial charge >= 0.3 is 0 Å². The predicted molar refractivity (Wildman–Crippen MR) is 89.0 cm³/mol. The quantitative estimate of drug-likeness (QED) is 0.862. The first-order valence-corrected chi connectivity index (χ1v) is 7.81. The van der Waals surface area contributed by atoms with Crippen LogP contribution in [0.3, 0.4) is 0 Å². The van der Waals surface area contributed by atoms with E-state index in [9.17, 15) is 0 Å². The smallest absolute Gasteiger partial charge is 0.131 e. The number of fused-ring (bicyclic) bond motifs is 1. The van der Waals surface area contributed by atoms with E-state index in [1.165, 1.54) is 0 Å². The fourth-order valence-corrected chi connectivity index (χ4v) is 3.29. The Morgan fingerprint density at radius 1 is 1.19 bits per heavy atom. The maximum absolute atomic E-state index is 6.34. The molecule has 0 saturated heterocycles. The van der Waals surface area contributed by atoms with Gasteiger partial charge in [0.25, 0.3) is 0 Å². The van der Waals surface area contributed by atoms with Gasteiger partial charge in [-0.05, 0) is 30.8 Å². The molecule has 1 aliphatic rings. The molecule has 2 aromatic rings. The number of rotatable bonds is 3. The fourth-order valence-electron chi connectivity index (χ4n) is 2.65. The standard InChI is InChI=1S/C16H14Cl3NO/c1-20-8-11-6-9-5-10(17)7-13(16(9)21-11)12-3-2-4-14(18)15(12)19/h2-5,7,11,20H,6,8H2,1H3. The van der Waals surface area contributed by atoms with E-state index in [4.69, 9.17) is 39.5 Å². The van der Waals surface area contributed by atoms with Crippen molar-refractivity contribution >= 4 is 34.8 Å². The van der Waals surface area contributed by atoms with Gasteiger partial charge in [0.2, 0.25) is 0 Å². The molecule has 2 aromatic carbocycles. The summed E-state index contributed by atoms with van der Waals surface area (Å²) in [4.78, 5) is 0. The summed E-state index contributed by atoms with van der Waals surface area (Å²) in [6.07, 6.45) is 0.947. The topological polar surface area (TPSA) is 21.3 Å². The van der Waals surface area contributed by atoms with Crippen LogP contribution in [0.15, 0.2) is 30.3 Å². The number of halogens is 3. The molecule has 0 fully saturated rings. The van der Waals surface area contributed by atoms with Crippen LogP contribution >= 0.6 is 34.8 Å². The number of likely N-dealkylation sites (N-methyl/N-ethyl adjacent to an activating group) is 1. The minimum Gasteiger partial charge on any atom is -0.488 e. The van der Waals surface area contributed by atoms with Gasteiger partial charge in [-0.1, -0.05) is 46.9 Å². The van der Waals surface area contributed by atoms with E-state index < -0.39 is 0 Å². The lowest BCUT2D eigenvalue weighted by Gasteiger charge is -2.13. The van der Waals surface area contributed by atoms with E-state index in [2.05, 4.69) is 5.32 Å². The average Bonchev–Trinajstić information content (AvgIpc) is 2.84. The summed E-state index contributed by atoms with van der Waals surface area (Å²) in [6.45, 7) is 0.787. The molecule has 1 unspecified atom stereocenters.